The zero-order valence-corrected chi connectivity index (χ0v) is 12.5. The maximum atomic E-state index is 4.65. The second-order valence-corrected chi connectivity index (χ2v) is 5.23. The molecule has 0 radical (unpaired) electrons. The molecular weight excluding hydrogens is 260 g/mol. The number of hydrogen-bond donors (Lipinski definition) is 1. The number of benzene rings is 1. The molecule has 0 bridgehead atoms. The molecule has 4 heteroatoms. The molecule has 0 unspecified atom stereocenters. The Hall–Kier alpha value is -2.36. The van der Waals surface area contributed by atoms with Crippen molar-refractivity contribution in [3.8, 4) is 0 Å². The van der Waals surface area contributed by atoms with E-state index in [1.54, 1.807) is 0 Å². The van der Waals surface area contributed by atoms with Crippen LogP contribution >= 0.6 is 0 Å². The molecule has 1 N–H and O–H groups in total. The molecule has 2 heterocycles. The quantitative estimate of drug-likeness (QED) is 0.773. The van der Waals surface area contributed by atoms with Gasteiger partial charge in [-0.2, -0.15) is 5.10 Å². The molecular formula is C17H20N4. The fourth-order valence-corrected chi connectivity index (χ4v) is 2.50. The Labute approximate surface area is 124 Å². The molecule has 0 spiro atoms. The number of aryl methyl sites for hydroxylation is 2. The van der Waals surface area contributed by atoms with E-state index in [9.17, 15) is 0 Å². The summed E-state index contributed by atoms with van der Waals surface area (Å²) in [5.74, 6) is 0. The van der Waals surface area contributed by atoms with Gasteiger partial charge in [0.05, 0.1) is 23.4 Å². The lowest BCUT2D eigenvalue weighted by atomic mass is 10.1. The lowest BCUT2D eigenvalue weighted by Crippen LogP contribution is -2.09. The number of pyridine rings is 1. The Kier molecular flexibility index (Phi) is 3.86. The van der Waals surface area contributed by atoms with Crippen molar-refractivity contribution in [1.82, 2.24) is 14.8 Å². The second-order valence-electron chi connectivity index (χ2n) is 5.23. The summed E-state index contributed by atoms with van der Waals surface area (Å²) in [5, 5.41) is 9.01. The van der Waals surface area contributed by atoms with Crippen molar-refractivity contribution in [2.75, 3.05) is 5.32 Å². The molecule has 2 aromatic heterocycles. The number of para-hydroxylation sites is 1. The first-order valence-corrected chi connectivity index (χ1v) is 7.39. The van der Waals surface area contributed by atoms with Gasteiger partial charge in [-0.3, -0.25) is 9.67 Å². The van der Waals surface area contributed by atoms with E-state index in [1.807, 2.05) is 19.2 Å². The fraction of sp³-hybridized carbons (Fsp3) is 0.294. The Balaban J connectivity index is 1.85. The van der Waals surface area contributed by atoms with Crippen molar-refractivity contribution in [1.29, 1.82) is 0 Å². The maximum absolute atomic E-state index is 4.65. The van der Waals surface area contributed by atoms with Gasteiger partial charge in [-0.1, -0.05) is 25.1 Å². The number of nitrogens with zero attached hydrogens (tertiary/aromatic N) is 3. The van der Waals surface area contributed by atoms with Gasteiger partial charge in [-0.15, -0.1) is 0 Å². The van der Waals surface area contributed by atoms with E-state index in [0.717, 1.165) is 41.8 Å². The van der Waals surface area contributed by atoms with Gasteiger partial charge in [0.2, 0.25) is 0 Å². The highest BCUT2D eigenvalue weighted by Gasteiger charge is 2.05. The van der Waals surface area contributed by atoms with Gasteiger partial charge in [-0.25, -0.2) is 0 Å². The zero-order chi connectivity index (χ0) is 14.7. The molecule has 0 atom stereocenters. The smallest absolute Gasteiger partial charge is 0.0936 e. The minimum Gasteiger partial charge on any atom is -0.378 e. The van der Waals surface area contributed by atoms with E-state index < -0.39 is 0 Å². The van der Waals surface area contributed by atoms with Gasteiger partial charge in [0, 0.05) is 23.8 Å². The van der Waals surface area contributed by atoms with Crippen LogP contribution in [0.5, 0.6) is 0 Å². The largest absolute Gasteiger partial charge is 0.378 e. The van der Waals surface area contributed by atoms with Crippen molar-refractivity contribution in [3.05, 3.63) is 54.0 Å². The fourth-order valence-electron chi connectivity index (χ4n) is 2.50. The van der Waals surface area contributed by atoms with Gasteiger partial charge < -0.3 is 5.32 Å². The summed E-state index contributed by atoms with van der Waals surface area (Å²) in [6.07, 6.45) is 2.95. The third kappa shape index (κ3) is 2.89. The first-order valence-electron chi connectivity index (χ1n) is 7.39. The highest BCUT2D eigenvalue weighted by Crippen LogP contribution is 2.22. The molecule has 0 amide bonds. The Morgan fingerprint density at radius 1 is 1.14 bits per heavy atom. The van der Waals surface area contributed by atoms with E-state index in [4.69, 9.17) is 0 Å². The van der Waals surface area contributed by atoms with Crippen molar-refractivity contribution in [2.24, 2.45) is 0 Å². The highest BCUT2D eigenvalue weighted by molar-refractivity contribution is 5.90. The number of aromatic nitrogens is 3. The molecule has 0 fully saturated rings. The summed E-state index contributed by atoms with van der Waals surface area (Å²) in [7, 11) is 0. The SMILES string of the molecule is CCCn1nccc1CNc1cccc2ccc(C)nc12. The van der Waals surface area contributed by atoms with Crippen molar-refractivity contribution >= 4 is 16.6 Å². The van der Waals surface area contributed by atoms with Crippen LogP contribution in [-0.4, -0.2) is 14.8 Å². The number of fused-ring (bicyclic) bond motifs is 1. The molecule has 3 aromatic rings. The van der Waals surface area contributed by atoms with Crippen molar-refractivity contribution < 1.29 is 0 Å². The third-order valence-corrected chi connectivity index (χ3v) is 3.56. The van der Waals surface area contributed by atoms with Gasteiger partial charge >= 0.3 is 0 Å². The topological polar surface area (TPSA) is 42.7 Å². The minimum absolute atomic E-state index is 0.759. The number of rotatable bonds is 5. The van der Waals surface area contributed by atoms with Crippen LogP contribution in [-0.2, 0) is 13.1 Å². The van der Waals surface area contributed by atoms with Crippen LogP contribution in [0.25, 0.3) is 10.9 Å². The molecule has 0 aliphatic rings. The average Bonchev–Trinajstić information content (AvgIpc) is 2.93. The Bertz CT molecular complexity index is 745. The first-order chi connectivity index (χ1) is 10.3. The maximum Gasteiger partial charge on any atom is 0.0936 e. The highest BCUT2D eigenvalue weighted by atomic mass is 15.3. The van der Waals surface area contributed by atoms with Gasteiger partial charge in [0.25, 0.3) is 0 Å². The monoisotopic (exact) mass is 280 g/mol. The normalized spacial score (nSPS) is 11.0. The number of nitrogens with one attached hydrogen (secondary N) is 1. The molecule has 0 aliphatic carbocycles. The molecule has 1 aromatic carbocycles. The molecule has 4 nitrogen and oxygen atoms in total. The second kappa shape index (κ2) is 5.95. The zero-order valence-electron chi connectivity index (χ0n) is 12.5. The van der Waals surface area contributed by atoms with Crippen LogP contribution in [0.3, 0.4) is 0 Å². The van der Waals surface area contributed by atoms with Crippen LogP contribution < -0.4 is 5.32 Å². The number of anilines is 1. The number of hydrogen-bond acceptors (Lipinski definition) is 3. The predicted octanol–water partition coefficient (Wildman–Crippen LogP) is 3.76. The summed E-state index contributed by atoms with van der Waals surface area (Å²) in [4.78, 5) is 4.65. The predicted molar refractivity (Wildman–Crippen MR) is 86.3 cm³/mol. The van der Waals surface area contributed by atoms with Crippen LogP contribution in [0.15, 0.2) is 42.6 Å². The molecule has 3 rings (SSSR count). The molecule has 108 valence electrons. The van der Waals surface area contributed by atoms with Crippen molar-refractivity contribution in [2.45, 2.75) is 33.4 Å². The lowest BCUT2D eigenvalue weighted by molar-refractivity contribution is 0.578. The van der Waals surface area contributed by atoms with Crippen LogP contribution in [0, 0.1) is 6.92 Å². The summed E-state index contributed by atoms with van der Waals surface area (Å²) in [5.41, 5.74) is 4.33. The van der Waals surface area contributed by atoms with Crippen LogP contribution in [0.2, 0.25) is 0 Å². The standard InChI is InChI=1S/C17H20N4/c1-3-11-21-15(9-10-19-21)12-18-16-6-4-5-14-8-7-13(2)20-17(14)16/h4-10,18H,3,11-12H2,1-2H3. The average molecular weight is 280 g/mol. The van der Waals surface area contributed by atoms with E-state index in [-0.39, 0.29) is 0 Å². The Morgan fingerprint density at radius 2 is 2.05 bits per heavy atom. The van der Waals surface area contributed by atoms with Crippen molar-refractivity contribution in [3.63, 3.8) is 0 Å². The lowest BCUT2D eigenvalue weighted by Gasteiger charge is -2.11. The van der Waals surface area contributed by atoms with E-state index in [1.165, 1.54) is 5.69 Å². The first kappa shape index (κ1) is 13.6. The van der Waals surface area contributed by atoms with Gasteiger partial charge in [0.1, 0.15) is 0 Å². The van der Waals surface area contributed by atoms with E-state index in [2.05, 4.69) is 57.3 Å². The summed E-state index contributed by atoms with van der Waals surface area (Å²) < 4.78 is 2.05. The molecule has 0 saturated heterocycles. The molecule has 21 heavy (non-hydrogen) atoms. The van der Waals surface area contributed by atoms with E-state index in [0.29, 0.717) is 0 Å². The van der Waals surface area contributed by atoms with Crippen LogP contribution in [0.4, 0.5) is 5.69 Å². The summed E-state index contributed by atoms with van der Waals surface area (Å²) in [6.45, 7) is 5.90. The van der Waals surface area contributed by atoms with Gasteiger partial charge in [-0.05, 0) is 31.5 Å². The van der Waals surface area contributed by atoms with Gasteiger partial charge in [0.15, 0.2) is 0 Å². The summed E-state index contributed by atoms with van der Waals surface area (Å²) >= 11 is 0. The van der Waals surface area contributed by atoms with Crippen LogP contribution in [0.1, 0.15) is 24.7 Å². The summed E-state index contributed by atoms with van der Waals surface area (Å²) in [6, 6.07) is 12.5. The van der Waals surface area contributed by atoms with E-state index >= 15 is 0 Å². The molecule has 0 aliphatic heterocycles. The Morgan fingerprint density at radius 3 is 2.90 bits per heavy atom. The third-order valence-electron chi connectivity index (χ3n) is 3.56. The minimum atomic E-state index is 0.759. The molecule has 0 saturated carbocycles.